The summed E-state index contributed by atoms with van der Waals surface area (Å²) in [4.78, 5) is 62.6. The molecule has 2 heterocycles. The predicted molar refractivity (Wildman–Crippen MR) is 492 cm³/mol. The predicted octanol–water partition coefficient (Wildman–Crippen LogP) is 22.8. The average Bonchev–Trinajstić information content (AvgIpc) is 1.55. The number of anilines is 4. The van der Waals surface area contributed by atoms with Gasteiger partial charge in [-0.25, -0.2) is 8.42 Å². The number of hydrogen-bond acceptors (Lipinski definition) is 16. The van der Waals surface area contributed by atoms with Crippen molar-refractivity contribution in [3.8, 4) is 17.2 Å². The number of unbranched alkanes of at least 4 members (excludes halogenated alkanes) is 2. The number of halogens is 1. The highest BCUT2D eigenvalue weighted by atomic mass is 35.5. The second-order valence-corrected chi connectivity index (χ2v) is 33.4. The van der Waals surface area contributed by atoms with Gasteiger partial charge in [0, 0.05) is 94.8 Å². The van der Waals surface area contributed by atoms with Gasteiger partial charge in [-0.15, -0.1) is 5.11 Å². The molecular formula is C102H102ClN7O11S. The van der Waals surface area contributed by atoms with Crippen LogP contribution in [0, 0.1) is 13.8 Å². The number of azo groups is 1. The second kappa shape index (κ2) is 39.5. The van der Waals surface area contributed by atoms with E-state index < -0.39 is 21.0 Å². The average molecular weight is 1670 g/mol. The summed E-state index contributed by atoms with van der Waals surface area (Å²) in [5.74, 6) is -0.144. The SMILES string of the molecule is CC(=O)Nc1ccc(N=Nc2cc(C)ccc2O)cc1.CCCCNc1ccc(NCCCC)c2c1C(=O)c1ccccc1C2=O.CN1/C(=C/C=C2\CCCC(/C=C/C3=[N+](C)c4ccc5ccccc5c4C3(C)C)=C2Cl)C(C)(C)c2c1ccc1ccccc21.Cc1ccc(S(=O)(=O)[O-])cc1.O=c1c(OCc2ccccc2)c(OCc2ccccc2)c1=O. The van der Waals surface area contributed by atoms with Crippen molar-refractivity contribution in [3.63, 3.8) is 0 Å². The number of hydrogen-bond donors (Lipinski definition) is 4. The van der Waals surface area contributed by atoms with Crippen LogP contribution in [-0.4, -0.2) is 73.0 Å². The summed E-state index contributed by atoms with van der Waals surface area (Å²) in [7, 11) is 0.114. The fraction of sp³-hybridized carbons (Fsp3) is 0.235. The van der Waals surface area contributed by atoms with Gasteiger partial charge in [-0.3, -0.25) is 24.0 Å². The van der Waals surface area contributed by atoms with Gasteiger partial charge in [0.2, 0.25) is 23.1 Å². The number of fused-ring (bicyclic) bond motifs is 8. The van der Waals surface area contributed by atoms with Gasteiger partial charge in [0.15, 0.2) is 17.3 Å². The van der Waals surface area contributed by atoms with E-state index in [0.29, 0.717) is 39.3 Å². The van der Waals surface area contributed by atoms with Crippen LogP contribution >= 0.6 is 11.6 Å². The molecule has 624 valence electrons. The summed E-state index contributed by atoms with van der Waals surface area (Å²) in [5, 5.41) is 33.3. The van der Waals surface area contributed by atoms with E-state index in [1.807, 2.05) is 98.8 Å². The Morgan fingerprint density at radius 2 is 1.11 bits per heavy atom. The molecular weight excluding hydrogens is 1570 g/mol. The molecule has 0 fully saturated rings. The summed E-state index contributed by atoms with van der Waals surface area (Å²) >= 11 is 7.16. The zero-order valence-electron chi connectivity index (χ0n) is 70.7. The monoisotopic (exact) mass is 1670 g/mol. The first-order valence-electron chi connectivity index (χ1n) is 41.1. The van der Waals surface area contributed by atoms with Gasteiger partial charge in [0.05, 0.1) is 27.1 Å². The fourth-order valence-electron chi connectivity index (χ4n) is 15.7. The van der Waals surface area contributed by atoms with Crippen LogP contribution in [0.25, 0.3) is 21.5 Å². The molecule has 20 heteroatoms. The first-order valence-corrected chi connectivity index (χ1v) is 42.9. The maximum absolute atomic E-state index is 13.2. The lowest BCUT2D eigenvalue weighted by molar-refractivity contribution is -0.401. The van der Waals surface area contributed by atoms with Gasteiger partial charge in [0.1, 0.15) is 41.8 Å². The minimum atomic E-state index is -4.27. The van der Waals surface area contributed by atoms with Gasteiger partial charge in [0.25, 0.3) is 10.9 Å². The van der Waals surface area contributed by atoms with E-state index in [4.69, 9.17) is 21.1 Å². The topological polar surface area (TPSA) is 248 Å². The highest BCUT2D eigenvalue weighted by molar-refractivity contribution is 7.85. The Hall–Kier alpha value is -12.9. The van der Waals surface area contributed by atoms with Crippen LogP contribution in [0.3, 0.4) is 0 Å². The van der Waals surface area contributed by atoms with E-state index in [0.717, 1.165) is 96.7 Å². The second-order valence-electron chi connectivity index (χ2n) is 31.6. The number of likely N-dealkylation sites (N-methyl/N-ethyl adjacent to an activating group) is 1. The largest absolute Gasteiger partial charge is 0.744 e. The molecule has 0 atom stereocenters. The van der Waals surface area contributed by atoms with E-state index in [9.17, 15) is 42.0 Å². The Bertz CT molecular complexity index is 6140. The van der Waals surface area contributed by atoms with Crippen molar-refractivity contribution >= 4 is 106 Å². The molecule has 18 nitrogen and oxygen atoms in total. The van der Waals surface area contributed by atoms with Crippen LogP contribution in [0.4, 0.5) is 39.8 Å². The molecule has 0 unspecified atom stereocenters. The highest BCUT2D eigenvalue weighted by Crippen LogP contribution is 2.51. The third-order valence-corrected chi connectivity index (χ3v) is 23.4. The number of rotatable bonds is 21. The molecule has 0 bridgehead atoms. The van der Waals surface area contributed by atoms with Crippen molar-refractivity contribution in [3.05, 3.63) is 359 Å². The maximum atomic E-state index is 13.2. The van der Waals surface area contributed by atoms with Crippen molar-refractivity contribution in [2.24, 2.45) is 10.2 Å². The zero-order valence-corrected chi connectivity index (χ0v) is 72.3. The number of aromatic hydroxyl groups is 1. The summed E-state index contributed by atoms with van der Waals surface area (Å²) in [6.07, 6.45) is 16.5. The summed E-state index contributed by atoms with van der Waals surface area (Å²) in [6, 6.07) is 74.2. The number of ether oxygens (including phenoxy) is 2. The number of phenols is 1. The molecule has 0 aromatic heterocycles. The van der Waals surface area contributed by atoms with E-state index in [1.54, 1.807) is 66.7 Å². The minimum absolute atomic E-state index is 0.0183. The lowest BCUT2D eigenvalue weighted by atomic mass is 9.79. The summed E-state index contributed by atoms with van der Waals surface area (Å²) in [6.45, 7) is 20.9. The molecule has 2 aliphatic heterocycles. The first-order chi connectivity index (χ1) is 58.6. The van der Waals surface area contributed by atoms with Gasteiger partial charge in [-0.1, -0.05) is 228 Å². The molecule has 0 saturated heterocycles. The Balaban J connectivity index is 0.000000149. The molecule has 1 amide bonds. The van der Waals surface area contributed by atoms with Crippen molar-refractivity contribution in [2.75, 3.05) is 48.0 Å². The van der Waals surface area contributed by atoms with Gasteiger partial charge < -0.3 is 40.0 Å². The number of carbonyl (C=O) groups excluding carboxylic acids is 3. The molecule has 4 aliphatic rings. The van der Waals surface area contributed by atoms with Gasteiger partial charge in [-0.05, 0) is 194 Å². The fourth-order valence-corrected chi connectivity index (χ4v) is 16.5. The van der Waals surface area contributed by atoms with Gasteiger partial charge >= 0.3 is 0 Å². The number of benzene rings is 11. The van der Waals surface area contributed by atoms with Crippen LogP contribution in [0.1, 0.15) is 159 Å². The molecule has 16 rings (SSSR count). The third kappa shape index (κ3) is 20.4. The number of allylic oxidation sites excluding steroid dienone is 8. The van der Waals surface area contributed by atoms with Gasteiger partial charge in [-0.2, -0.15) is 9.69 Å². The Labute approximate surface area is 718 Å². The van der Waals surface area contributed by atoms with E-state index in [1.165, 1.54) is 85.7 Å². The van der Waals surface area contributed by atoms with E-state index >= 15 is 0 Å². The highest BCUT2D eigenvalue weighted by Gasteiger charge is 2.45. The molecule has 4 N–H and O–H groups in total. The number of amides is 1. The van der Waals surface area contributed by atoms with E-state index in [2.05, 4.69) is 188 Å². The number of ketones is 2. The maximum Gasteiger partial charge on any atom is 0.275 e. The molecule has 2 aliphatic carbocycles. The lowest BCUT2D eigenvalue weighted by Crippen LogP contribution is -2.34. The van der Waals surface area contributed by atoms with Crippen LogP contribution in [0.15, 0.2) is 307 Å². The normalized spacial score (nSPS) is 14.8. The molecule has 12 aromatic rings. The molecule has 12 aromatic carbocycles. The Morgan fingerprint density at radius 1 is 0.598 bits per heavy atom. The number of phenolic OH excluding ortho intramolecular Hbond substituents is 1. The minimum Gasteiger partial charge on any atom is -0.744 e. The molecule has 0 radical (unpaired) electrons. The van der Waals surface area contributed by atoms with Crippen LogP contribution < -0.4 is 41.2 Å². The van der Waals surface area contributed by atoms with E-state index in [-0.39, 0.29) is 63.7 Å². The number of nitrogens with zero attached hydrogens (tertiary/aromatic N) is 4. The summed E-state index contributed by atoms with van der Waals surface area (Å²) < 4.78 is 44.4. The standard InChI is InChI=1S/C40H40ClN2.C22H26N2O2.C18H14O4.C15H15N3O2.C7H8O3S/c1-39(2)34(42(5)32-22-18-26-12-7-9-16-30(26)36(32)39)24-20-28-14-11-15-29(38(28)41)21-25-35-40(3,4)37-31-17-10-8-13-27(31)19-23-33(37)43(35)6;1-3-5-13-23-17-11-12-18(24-14-6-4-2)20-19(17)21(25)15-9-7-8-10-16(15)22(20)26;19-15-16(20)18(22-12-14-9-5-2-6-10-14)17(15)21-11-13-7-3-1-4-8-13;1-10-3-8-15(20)14(9-10)18-17-13-6-4-12(5-7-13)16-11(2)19;1-6-2-4-7(5-3-6)11(8,9)10/h7-10,12-13,16-25H,11,14-15H2,1-6H3;7-12,23-24H,3-6,13-14H2,1-2H3;1-10H,11-12H2;3-9,20H,1-2H3,(H,16,19);2-5H,1H3,(H,8,9,10)/q+1;;;;/p-1. The van der Waals surface area contributed by atoms with Crippen molar-refractivity contribution < 1.29 is 46.5 Å². The Morgan fingerprint density at radius 3 is 1.66 bits per heavy atom. The van der Waals surface area contributed by atoms with Crippen LogP contribution in [0.2, 0.25) is 0 Å². The smallest absolute Gasteiger partial charge is 0.275 e. The molecule has 0 saturated carbocycles. The quantitative estimate of drug-likeness (QED) is 0.0172. The number of aryl methyl sites for hydroxylation is 2. The van der Waals surface area contributed by atoms with Crippen molar-refractivity contribution in [1.29, 1.82) is 0 Å². The zero-order chi connectivity index (χ0) is 87.0. The Kier molecular flexibility index (Phi) is 28.6. The van der Waals surface area contributed by atoms with Crippen LogP contribution in [-0.2, 0) is 39.0 Å². The van der Waals surface area contributed by atoms with Crippen molar-refractivity contribution in [1.82, 2.24) is 0 Å². The first kappa shape index (κ1) is 88.3. The summed E-state index contributed by atoms with van der Waals surface area (Å²) in [5.41, 5.74) is 18.0. The van der Waals surface area contributed by atoms with Crippen LogP contribution in [0.5, 0.6) is 17.2 Å². The number of nitrogens with one attached hydrogen (secondary N) is 3. The van der Waals surface area contributed by atoms with Crippen molar-refractivity contribution in [2.45, 2.75) is 136 Å². The lowest BCUT2D eigenvalue weighted by Gasteiger charge is -2.25. The number of carbonyl (C=O) groups is 3. The third-order valence-electron chi connectivity index (χ3n) is 22.1. The molecule has 122 heavy (non-hydrogen) atoms. The molecule has 0 spiro atoms.